The second-order valence-electron chi connectivity index (χ2n) is 2.80. The molecule has 0 spiro atoms. The van der Waals surface area contributed by atoms with E-state index in [1.54, 1.807) is 4.90 Å². The van der Waals surface area contributed by atoms with E-state index in [0.717, 1.165) is 0 Å². The van der Waals surface area contributed by atoms with E-state index in [1.165, 1.54) is 18.7 Å². The molecule has 0 aliphatic rings. The highest BCUT2D eigenvalue weighted by molar-refractivity contribution is 5.93. The van der Waals surface area contributed by atoms with Gasteiger partial charge in [-0.15, -0.1) is 0 Å². The number of carbonyl (C=O) groups is 1. The van der Waals surface area contributed by atoms with Crippen LogP contribution in [0.15, 0.2) is 18.7 Å². The minimum Gasteiger partial charge on any atom is -0.338 e. The van der Waals surface area contributed by atoms with Crippen molar-refractivity contribution in [2.45, 2.75) is 6.92 Å². The number of amides is 1. The molecule has 0 aromatic carbocycles. The highest BCUT2D eigenvalue weighted by Crippen LogP contribution is 2.00. The van der Waals surface area contributed by atoms with Crippen LogP contribution >= 0.6 is 0 Å². The smallest absolute Gasteiger partial charge is 0.257 e. The molecule has 0 aliphatic carbocycles. The van der Waals surface area contributed by atoms with Gasteiger partial charge in [-0.1, -0.05) is 0 Å². The van der Waals surface area contributed by atoms with Gasteiger partial charge in [0, 0.05) is 32.0 Å². The molecule has 0 unspecified atom stereocenters. The van der Waals surface area contributed by atoms with Crippen molar-refractivity contribution in [3.8, 4) is 0 Å². The van der Waals surface area contributed by atoms with Gasteiger partial charge in [0.05, 0.1) is 5.56 Å². The van der Waals surface area contributed by atoms with Crippen molar-refractivity contribution in [1.29, 1.82) is 0 Å². The lowest BCUT2D eigenvalue weighted by molar-refractivity contribution is 0.0768. The molecule has 0 bridgehead atoms. The van der Waals surface area contributed by atoms with Crippen LogP contribution in [-0.2, 0) is 0 Å². The largest absolute Gasteiger partial charge is 0.338 e. The van der Waals surface area contributed by atoms with Gasteiger partial charge in [-0.05, 0) is 6.92 Å². The van der Waals surface area contributed by atoms with E-state index < -0.39 is 0 Å². The van der Waals surface area contributed by atoms with Crippen LogP contribution in [0.2, 0.25) is 0 Å². The molecule has 0 radical (unpaired) electrons. The van der Waals surface area contributed by atoms with Crippen LogP contribution in [-0.4, -0.2) is 40.4 Å². The van der Waals surface area contributed by atoms with Crippen molar-refractivity contribution in [2.24, 2.45) is 5.73 Å². The van der Waals surface area contributed by atoms with Crippen molar-refractivity contribution < 1.29 is 4.79 Å². The molecule has 76 valence electrons. The predicted molar refractivity (Wildman–Crippen MR) is 52.7 cm³/mol. The topological polar surface area (TPSA) is 72.1 Å². The maximum Gasteiger partial charge on any atom is 0.257 e. The first-order chi connectivity index (χ1) is 6.79. The maximum absolute atomic E-state index is 11.8. The summed E-state index contributed by atoms with van der Waals surface area (Å²) in [5.41, 5.74) is 5.90. The van der Waals surface area contributed by atoms with Gasteiger partial charge in [0.1, 0.15) is 6.33 Å². The highest BCUT2D eigenvalue weighted by Gasteiger charge is 2.12. The molecule has 1 aromatic heterocycles. The van der Waals surface area contributed by atoms with E-state index in [0.29, 0.717) is 25.2 Å². The Bertz CT molecular complexity index is 288. The first-order valence-electron chi connectivity index (χ1n) is 4.54. The number of rotatable bonds is 4. The minimum atomic E-state index is -0.0708. The molecule has 1 rings (SSSR count). The summed E-state index contributed by atoms with van der Waals surface area (Å²) >= 11 is 0. The molecule has 1 amide bonds. The zero-order valence-corrected chi connectivity index (χ0v) is 8.18. The van der Waals surface area contributed by atoms with Crippen molar-refractivity contribution in [1.82, 2.24) is 14.9 Å². The quantitative estimate of drug-likeness (QED) is 0.726. The van der Waals surface area contributed by atoms with Gasteiger partial charge in [-0.3, -0.25) is 4.79 Å². The fraction of sp³-hybridized carbons (Fsp3) is 0.444. The molecule has 2 N–H and O–H groups in total. The highest BCUT2D eigenvalue weighted by atomic mass is 16.2. The molecule has 0 aliphatic heterocycles. The molecule has 0 fully saturated rings. The van der Waals surface area contributed by atoms with Crippen LogP contribution in [0, 0.1) is 0 Å². The number of aromatic nitrogens is 2. The fourth-order valence-corrected chi connectivity index (χ4v) is 1.15. The van der Waals surface area contributed by atoms with Crippen molar-refractivity contribution in [3.05, 3.63) is 24.3 Å². The third kappa shape index (κ3) is 2.50. The normalized spacial score (nSPS) is 9.86. The Balaban J connectivity index is 2.73. The third-order valence-electron chi connectivity index (χ3n) is 1.88. The van der Waals surface area contributed by atoms with E-state index in [9.17, 15) is 4.79 Å². The predicted octanol–water partition coefficient (Wildman–Crippen LogP) is -0.103. The van der Waals surface area contributed by atoms with Gasteiger partial charge < -0.3 is 10.6 Å². The summed E-state index contributed by atoms with van der Waals surface area (Å²) in [5, 5.41) is 0. The lowest BCUT2D eigenvalue weighted by atomic mass is 10.3. The molecular formula is C9H14N4O. The fourth-order valence-electron chi connectivity index (χ4n) is 1.15. The summed E-state index contributed by atoms with van der Waals surface area (Å²) < 4.78 is 0. The van der Waals surface area contributed by atoms with E-state index in [4.69, 9.17) is 5.73 Å². The summed E-state index contributed by atoms with van der Waals surface area (Å²) in [7, 11) is 0. The first kappa shape index (κ1) is 10.6. The summed E-state index contributed by atoms with van der Waals surface area (Å²) in [6.07, 6.45) is 4.42. The average molecular weight is 194 g/mol. The molecule has 0 saturated heterocycles. The maximum atomic E-state index is 11.8. The van der Waals surface area contributed by atoms with Gasteiger partial charge in [0.25, 0.3) is 5.91 Å². The van der Waals surface area contributed by atoms with Crippen LogP contribution in [0.3, 0.4) is 0 Å². The van der Waals surface area contributed by atoms with E-state index in [-0.39, 0.29) is 5.91 Å². The zero-order valence-electron chi connectivity index (χ0n) is 8.18. The standard InChI is InChI=1S/C9H14N4O/c1-2-13(4-3-10)9(14)8-5-11-7-12-6-8/h5-7H,2-4,10H2,1H3. The van der Waals surface area contributed by atoms with Gasteiger partial charge in [0.15, 0.2) is 0 Å². The lowest BCUT2D eigenvalue weighted by Crippen LogP contribution is -2.35. The van der Waals surface area contributed by atoms with Crippen molar-refractivity contribution >= 4 is 5.91 Å². The van der Waals surface area contributed by atoms with Crippen LogP contribution in [0.5, 0.6) is 0 Å². The molecule has 0 atom stereocenters. The van der Waals surface area contributed by atoms with E-state index in [2.05, 4.69) is 9.97 Å². The van der Waals surface area contributed by atoms with Gasteiger partial charge in [-0.2, -0.15) is 0 Å². The summed E-state index contributed by atoms with van der Waals surface area (Å²) in [6, 6.07) is 0. The van der Waals surface area contributed by atoms with Crippen molar-refractivity contribution in [2.75, 3.05) is 19.6 Å². The first-order valence-corrected chi connectivity index (χ1v) is 4.54. The Morgan fingerprint density at radius 2 is 2.14 bits per heavy atom. The summed E-state index contributed by atoms with van der Waals surface area (Å²) in [4.78, 5) is 21.0. The Hall–Kier alpha value is -1.49. The van der Waals surface area contributed by atoms with Crippen LogP contribution in [0.1, 0.15) is 17.3 Å². The van der Waals surface area contributed by atoms with Crippen molar-refractivity contribution in [3.63, 3.8) is 0 Å². The number of hydrogen-bond donors (Lipinski definition) is 1. The SMILES string of the molecule is CCN(CCN)C(=O)c1cncnc1. The van der Waals surface area contributed by atoms with Crippen LogP contribution < -0.4 is 5.73 Å². The molecule has 1 heterocycles. The summed E-state index contributed by atoms with van der Waals surface area (Å²) in [6.45, 7) is 3.58. The van der Waals surface area contributed by atoms with Gasteiger partial charge >= 0.3 is 0 Å². The number of nitrogens with two attached hydrogens (primary N) is 1. The molecule has 14 heavy (non-hydrogen) atoms. The Morgan fingerprint density at radius 1 is 1.50 bits per heavy atom. The van der Waals surface area contributed by atoms with Crippen LogP contribution in [0.25, 0.3) is 0 Å². The number of nitrogens with zero attached hydrogens (tertiary/aromatic N) is 3. The summed E-state index contributed by atoms with van der Waals surface area (Å²) in [5.74, 6) is -0.0708. The Labute approximate surface area is 83.0 Å². The monoisotopic (exact) mass is 194 g/mol. The second kappa shape index (κ2) is 5.29. The molecule has 5 nitrogen and oxygen atoms in total. The zero-order chi connectivity index (χ0) is 10.4. The number of hydrogen-bond acceptors (Lipinski definition) is 4. The minimum absolute atomic E-state index is 0.0708. The number of likely N-dealkylation sites (N-methyl/N-ethyl adjacent to an activating group) is 1. The Morgan fingerprint density at radius 3 is 2.64 bits per heavy atom. The molecule has 0 saturated carbocycles. The van der Waals surface area contributed by atoms with Gasteiger partial charge in [0.2, 0.25) is 0 Å². The molecule has 5 heteroatoms. The second-order valence-corrected chi connectivity index (χ2v) is 2.80. The molecular weight excluding hydrogens is 180 g/mol. The van der Waals surface area contributed by atoms with Crippen LogP contribution in [0.4, 0.5) is 0 Å². The van der Waals surface area contributed by atoms with Gasteiger partial charge in [-0.25, -0.2) is 9.97 Å². The lowest BCUT2D eigenvalue weighted by Gasteiger charge is -2.19. The van der Waals surface area contributed by atoms with E-state index >= 15 is 0 Å². The number of carbonyl (C=O) groups excluding carboxylic acids is 1. The average Bonchev–Trinajstić information content (AvgIpc) is 2.26. The third-order valence-corrected chi connectivity index (χ3v) is 1.88. The Kier molecular flexibility index (Phi) is 4.00. The van der Waals surface area contributed by atoms with E-state index in [1.807, 2.05) is 6.92 Å². The molecule has 1 aromatic rings.